The minimum Gasteiger partial charge on any atom is -0.459 e. The van der Waals surface area contributed by atoms with Gasteiger partial charge in [-0.2, -0.15) is 4.98 Å². The fraction of sp³-hybridized carbons (Fsp3) is 0.190. The van der Waals surface area contributed by atoms with Crippen LogP contribution in [0.5, 0.6) is 6.01 Å². The Morgan fingerprint density at radius 2 is 1.93 bits per heavy atom. The summed E-state index contributed by atoms with van der Waals surface area (Å²) in [5.41, 5.74) is 4.09. The van der Waals surface area contributed by atoms with Crippen LogP contribution in [0.2, 0.25) is 0 Å². The molecule has 0 aliphatic carbocycles. The maximum absolute atomic E-state index is 5.72. The van der Waals surface area contributed by atoms with E-state index in [1.807, 2.05) is 30.3 Å². The van der Waals surface area contributed by atoms with E-state index < -0.39 is 0 Å². The number of fused-ring (bicyclic) bond motifs is 1. The van der Waals surface area contributed by atoms with Crippen molar-refractivity contribution in [3.8, 4) is 16.6 Å². The highest BCUT2D eigenvalue weighted by Crippen LogP contribution is 2.29. The second-order valence-electron chi connectivity index (χ2n) is 6.51. The molecule has 0 spiro atoms. The Morgan fingerprint density at radius 1 is 1.07 bits per heavy atom. The molecular weight excluding hydrogens is 356 g/mol. The highest BCUT2D eigenvalue weighted by atomic mass is 32.1. The molecule has 1 radical (unpaired) electrons. The predicted molar refractivity (Wildman–Crippen MR) is 108 cm³/mol. The van der Waals surface area contributed by atoms with Crippen LogP contribution in [-0.2, 0) is 13.2 Å². The van der Waals surface area contributed by atoms with Gasteiger partial charge in [0.25, 0.3) is 0 Å². The summed E-state index contributed by atoms with van der Waals surface area (Å²) in [6, 6.07) is 16.7. The molecule has 0 bridgehead atoms. The summed E-state index contributed by atoms with van der Waals surface area (Å²) in [7, 11) is 4.11. The number of rotatable bonds is 6. The maximum Gasteiger partial charge on any atom is 0.317 e. The van der Waals surface area contributed by atoms with Crippen molar-refractivity contribution < 1.29 is 4.74 Å². The third-order valence-corrected chi connectivity index (χ3v) is 5.03. The predicted octanol–water partition coefficient (Wildman–Crippen LogP) is 4.19. The molecule has 2 aromatic heterocycles. The van der Waals surface area contributed by atoms with Crippen molar-refractivity contribution in [1.29, 1.82) is 0 Å². The van der Waals surface area contributed by atoms with Crippen molar-refractivity contribution in [3.63, 3.8) is 0 Å². The van der Waals surface area contributed by atoms with Gasteiger partial charge >= 0.3 is 6.01 Å². The third-order valence-electron chi connectivity index (χ3n) is 3.96. The van der Waals surface area contributed by atoms with E-state index in [-0.39, 0.29) is 0 Å². The van der Waals surface area contributed by atoms with Gasteiger partial charge in [0, 0.05) is 12.7 Å². The molecule has 6 heteroatoms. The van der Waals surface area contributed by atoms with Crippen LogP contribution in [0.1, 0.15) is 11.1 Å². The van der Waals surface area contributed by atoms with E-state index in [2.05, 4.69) is 58.3 Å². The second-order valence-corrected chi connectivity index (χ2v) is 7.54. The van der Waals surface area contributed by atoms with Crippen LogP contribution in [0.4, 0.5) is 0 Å². The topological polar surface area (TPSA) is 51.1 Å². The van der Waals surface area contributed by atoms with Crippen LogP contribution in [0.25, 0.3) is 20.8 Å². The van der Waals surface area contributed by atoms with Gasteiger partial charge in [-0.15, -0.1) is 11.3 Å². The average Bonchev–Trinajstić information content (AvgIpc) is 3.11. The second kappa shape index (κ2) is 7.82. The van der Waals surface area contributed by atoms with E-state index in [4.69, 9.17) is 4.74 Å². The molecule has 4 aromatic rings. The molecule has 0 atom stereocenters. The van der Waals surface area contributed by atoms with Gasteiger partial charge < -0.3 is 9.64 Å². The van der Waals surface area contributed by atoms with Crippen LogP contribution in [-0.4, -0.2) is 33.9 Å². The molecule has 0 fully saturated rings. The van der Waals surface area contributed by atoms with Crippen molar-refractivity contribution in [3.05, 3.63) is 72.1 Å². The van der Waals surface area contributed by atoms with Gasteiger partial charge in [0.05, 0.1) is 15.8 Å². The van der Waals surface area contributed by atoms with E-state index in [9.17, 15) is 0 Å². The average molecular weight is 375 g/mol. The smallest absolute Gasteiger partial charge is 0.317 e. The first-order chi connectivity index (χ1) is 13.2. The molecule has 5 nitrogen and oxygen atoms in total. The van der Waals surface area contributed by atoms with E-state index in [1.165, 1.54) is 5.56 Å². The maximum atomic E-state index is 5.72. The molecule has 2 heterocycles. The van der Waals surface area contributed by atoms with Crippen molar-refractivity contribution in [2.24, 2.45) is 0 Å². The van der Waals surface area contributed by atoms with Gasteiger partial charge in [-0.25, -0.2) is 9.97 Å². The minimum atomic E-state index is 0.317. The Hall–Kier alpha value is -2.83. The van der Waals surface area contributed by atoms with Crippen LogP contribution >= 0.6 is 11.3 Å². The quantitative estimate of drug-likeness (QED) is 0.506. The molecule has 4 rings (SSSR count). The molecule has 0 saturated carbocycles. The summed E-state index contributed by atoms with van der Waals surface area (Å²) in [6.45, 7) is 1.32. The number of hydrogen-bond donors (Lipinski definition) is 0. The zero-order valence-electron chi connectivity index (χ0n) is 15.2. The van der Waals surface area contributed by atoms with E-state index in [1.54, 1.807) is 17.5 Å². The molecule has 0 N–H and O–H groups in total. The largest absolute Gasteiger partial charge is 0.459 e. The molecule has 0 aliphatic heterocycles. The number of nitrogens with zero attached hydrogens (tertiary/aromatic N) is 4. The normalized spacial score (nSPS) is 11.2. The van der Waals surface area contributed by atoms with E-state index >= 15 is 0 Å². The first kappa shape index (κ1) is 17.6. The SMILES string of the molecule is CN(C)Cc1cccc(COc2n[c]c(-c3nc4ccccc4s3)cn2)c1. The van der Waals surface area contributed by atoms with Gasteiger partial charge in [0.15, 0.2) is 0 Å². The molecule has 135 valence electrons. The first-order valence-electron chi connectivity index (χ1n) is 8.63. The van der Waals surface area contributed by atoms with Gasteiger partial charge in [0.1, 0.15) is 17.8 Å². The van der Waals surface area contributed by atoms with Crippen LogP contribution in [0, 0.1) is 6.20 Å². The van der Waals surface area contributed by atoms with Crippen LogP contribution in [0.3, 0.4) is 0 Å². The van der Waals surface area contributed by atoms with E-state index in [0.29, 0.717) is 12.6 Å². The monoisotopic (exact) mass is 375 g/mol. The summed E-state index contributed by atoms with van der Waals surface area (Å²) in [5, 5.41) is 0.860. The molecule has 0 unspecified atom stereocenters. The van der Waals surface area contributed by atoms with Gasteiger partial charge in [0.2, 0.25) is 0 Å². The fourth-order valence-corrected chi connectivity index (χ4v) is 3.70. The van der Waals surface area contributed by atoms with Crippen molar-refractivity contribution in [2.45, 2.75) is 13.2 Å². The molecule has 0 amide bonds. The Bertz CT molecular complexity index is 1010. The number of aromatic nitrogens is 3. The Morgan fingerprint density at radius 3 is 2.70 bits per heavy atom. The summed E-state index contributed by atoms with van der Waals surface area (Å²) in [4.78, 5) is 15.3. The van der Waals surface area contributed by atoms with Crippen molar-refractivity contribution in [2.75, 3.05) is 14.1 Å². The zero-order chi connectivity index (χ0) is 18.6. The fourth-order valence-electron chi connectivity index (χ4n) is 2.78. The van der Waals surface area contributed by atoms with E-state index in [0.717, 1.165) is 32.9 Å². The van der Waals surface area contributed by atoms with Gasteiger partial charge in [-0.3, -0.25) is 0 Å². The molecule has 0 aliphatic rings. The summed E-state index contributed by atoms with van der Waals surface area (Å²) in [6.07, 6.45) is 4.70. The highest BCUT2D eigenvalue weighted by molar-refractivity contribution is 7.21. The Labute approximate surface area is 162 Å². The third kappa shape index (κ3) is 4.30. The molecule has 2 aromatic carbocycles. The summed E-state index contributed by atoms with van der Waals surface area (Å²) in [5.74, 6) is 0. The summed E-state index contributed by atoms with van der Waals surface area (Å²) < 4.78 is 6.86. The highest BCUT2D eigenvalue weighted by Gasteiger charge is 2.08. The Kier molecular flexibility index (Phi) is 5.09. The molecule has 27 heavy (non-hydrogen) atoms. The van der Waals surface area contributed by atoms with Crippen molar-refractivity contribution >= 4 is 21.6 Å². The minimum absolute atomic E-state index is 0.317. The lowest BCUT2D eigenvalue weighted by Gasteiger charge is -2.11. The summed E-state index contributed by atoms with van der Waals surface area (Å²) >= 11 is 1.61. The number of benzene rings is 2. The number of thiazole rings is 1. The Balaban J connectivity index is 1.43. The first-order valence-corrected chi connectivity index (χ1v) is 9.45. The van der Waals surface area contributed by atoms with Crippen molar-refractivity contribution in [1.82, 2.24) is 19.9 Å². The standard InChI is InChI=1S/C21H19N4OS/c1-25(2)13-15-6-5-7-16(10-15)14-26-21-22-11-17(12-23-21)20-24-18-8-3-4-9-19(18)27-20/h3-11H,13-14H2,1-2H3. The van der Waals surface area contributed by atoms with Crippen LogP contribution in [0.15, 0.2) is 54.7 Å². The molecular formula is C21H19N4OS. The van der Waals surface area contributed by atoms with Crippen LogP contribution < -0.4 is 4.74 Å². The lowest BCUT2D eigenvalue weighted by Crippen LogP contribution is -2.11. The number of hydrogen-bond acceptors (Lipinski definition) is 6. The van der Waals surface area contributed by atoms with Gasteiger partial charge in [-0.05, 0) is 37.4 Å². The number of ether oxygens (including phenoxy) is 1. The molecule has 0 saturated heterocycles. The zero-order valence-corrected chi connectivity index (χ0v) is 16.0. The van der Waals surface area contributed by atoms with Gasteiger partial charge in [-0.1, -0.05) is 36.4 Å². The lowest BCUT2D eigenvalue weighted by molar-refractivity contribution is 0.280. The number of para-hydroxylation sites is 1. The lowest BCUT2D eigenvalue weighted by atomic mass is 10.1.